The quantitative estimate of drug-likeness (QED) is 0.429. The number of benzene rings is 2. The van der Waals surface area contributed by atoms with Crippen molar-refractivity contribution in [2.24, 2.45) is 0 Å². The number of para-hydroxylation sites is 1. The molecule has 0 bridgehead atoms. The molecule has 5 rings (SSSR count). The summed E-state index contributed by atoms with van der Waals surface area (Å²) in [5.41, 5.74) is 0.895. The van der Waals surface area contributed by atoms with E-state index in [1.54, 1.807) is 42.6 Å². The predicted molar refractivity (Wildman–Crippen MR) is 114 cm³/mol. The molecule has 11 nitrogen and oxygen atoms in total. The highest BCUT2D eigenvalue weighted by molar-refractivity contribution is 7.89. The van der Waals surface area contributed by atoms with Crippen LogP contribution in [0, 0.1) is 0 Å². The Hall–Kier alpha value is -4.32. The Kier molecular flexibility index (Phi) is 4.37. The fraction of sp³-hybridized carbons (Fsp3) is 0.0500. The fourth-order valence-corrected chi connectivity index (χ4v) is 4.95. The van der Waals surface area contributed by atoms with E-state index in [0.29, 0.717) is 28.0 Å². The molecule has 0 aliphatic carbocycles. The number of carbonyl (C=O) groups is 1. The number of rotatable bonds is 3. The summed E-state index contributed by atoms with van der Waals surface area (Å²) in [7, 11) is -2.90. The van der Waals surface area contributed by atoms with Crippen molar-refractivity contribution in [1.82, 2.24) is 29.9 Å². The summed E-state index contributed by atoms with van der Waals surface area (Å²) in [5.74, 6) is -0.960. The van der Waals surface area contributed by atoms with Crippen molar-refractivity contribution < 1.29 is 18.3 Å². The zero-order valence-electron chi connectivity index (χ0n) is 16.5. The van der Waals surface area contributed by atoms with Crippen LogP contribution in [0.15, 0.2) is 65.3 Å². The van der Waals surface area contributed by atoms with E-state index in [-0.39, 0.29) is 10.5 Å². The van der Waals surface area contributed by atoms with Gasteiger partial charge in [-0.2, -0.15) is 0 Å². The maximum atomic E-state index is 13.2. The average molecular weight is 449 g/mol. The third-order valence-corrected chi connectivity index (χ3v) is 6.93. The van der Waals surface area contributed by atoms with Crippen LogP contribution in [0.3, 0.4) is 0 Å². The third-order valence-electron chi connectivity index (χ3n) is 5.13. The zero-order valence-corrected chi connectivity index (χ0v) is 17.3. The van der Waals surface area contributed by atoms with Gasteiger partial charge >= 0.3 is 0 Å². The number of hydrogen-bond acceptors (Lipinski definition) is 8. The van der Waals surface area contributed by atoms with Crippen LogP contribution < -0.4 is 5.32 Å². The fourth-order valence-electron chi connectivity index (χ4n) is 3.55. The Balaban J connectivity index is 1.62. The lowest BCUT2D eigenvalue weighted by Gasteiger charge is -2.28. The standard InChI is InChI=1S/C20H15N7O4S/c1-27-17(20(29)22-14-7-3-2-6-12(14)19-23-25-26-24-19)18(28)13-9-11-5-4-8-21-15(11)10-16(13)32(27,30)31/h2-10,28H,1H3,(H,22,29)(H,23,24,25,26). The number of tetrazole rings is 1. The molecule has 1 aliphatic heterocycles. The SMILES string of the molecule is CN1C(C(=O)Nc2ccccc2-c2nnn[nH]2)=C(O)c2cc3cccnc3cc2S1(=O)=O. The van der Waals surface area contributed by atoms with Gasteiger partial charge in [0.25, 0.3) is 15.9 Å². The molecular formula is C20H15N7O4S. The van der Waals surface area contributed by atoms with E-state index < -0.39 is 27.4 Å². The van der Waals surface area contributed by atoms with Crippen LogP contribution in [-0.4, -0.2) is 56.4 Å². The second-order valence-corrected chi connectivity index (χ2v) is 8.90. The number of likely N-dealkylation sites (N-methyl/N-ethyl adjacent to an activating group) is 1. The number of pyridine rings is 1. The lowest BCUT2D eigenvalue weighted by Crippen LogP contribution is -2.37. The van der Waals surface area contributed by atoms with Crippen molar-refractivity contribution in [1.29, 1.82) is 0 Å². The van der Waals surface area contributed by atoms with Gasteiger partial charge in [-0.1, -0.05) is 18.2 Å². The van der Waals surface area contributed by atoms with Gasteiger partial charge in [-0.05, 0) is 40.8 Å². The third kappa shape index (κ3) is 2.96. The van der Waals surface area contributed by atoms with Gasteiger partial charge in [-0.25, -0.2) is 13.5 Å². The summed E-state index contributed by atoms with van der Waals surface area (Å²) in [5, 5.41) is 27.7. The molecule has 0 saturated carbocycles. The summed E-state index contributed by atoms with van der Waals surface area (Å²) in [4.78, 5) is 17.2. The minimum atomic E-state index is -4.11. The number of fused-ring (bicyclic) bond motifs is 2. The number of nitrogens with zero attached hydrogens (tertiary/aromatic N) is 5. The van der Waals surface area contributed by atoms with Gasteiger partial charge in [0.15, 0.2) is 17.3 Å². The van der Waals surface area contributed by atoms with Crippen LogP contribution in [0.1, 0.15) is 5.56 Å². The molecule has 3 N–H and O–H groups in total. The summed E-state index contributed by atoms with van der Waals surface area (Å²) < 4.78 is 27.1. The van der Waals surface area contributed by atoms with E-state index in [0.717, 1.165) is 4.31 Å². The molecule has 160 valence electrons. The molecule has 0 saturated heterocycles. The highest BCUT2D eigenvalue weighted by Crippen LogP contribution is 2.37. The lowest BCUT2D eigenvalue weighted by atomic mass is 10.1. The van der Waals surface area contributed by atoms with Crippen molar-refractivity contribution in [3.63, 3.8) is 0 Å². The number of aliphatic hydroxyl groups is 1. The molecule has 1 amide bonds. The van der Waals surface area contributed by atoms with Crippen LogP contribution >= 0.6 is 0 Å². The first kappa shape index (κ1) is 19.6. The molecule has 0 fully saturated rings. The van der Waals surface area contributed by atoms with E-state index in [2.05, 4.69) is 30.9 Å². The second-order valence-electron chi connectivity index (χ2n) is 6.96. The Bertz CT molecular complexity index is 1510. The number of nitrogens with one attached hydrogen (secondary N) is 2. The lowest BCUT2D eigenvalue weighted by molar-refractivity contribution is -0.113. The molecule has 3 heterocycles. The molecule has 0 atom stereocenters. The Morgan fingerprint density at radius 1 is 1.12 bits per heavy atom. The minimum Gasteiger partial charge on any atom is -0.505 e. The van der Waals surface area contributed by atoms with Gasteiger partial charge in [0.2, 0.25) is 0 Å². The van der Waals surface area contributed by atoms with Crippen molar-refractivity contribution >= 4 is 38.3 Å². The number of aromatic amines is 1. The molecule has 0 spiro atoms. The molecule has 32 heavy (non-hydrogen) atoms. The van der Waals surface area contributed by atoms with E-state index in [9.17, 15) is 18.3 Å². The highest BCUT2D eigenvalue weighted by Gasteiger charge is 2.38. The maximum absolute atomic E-state index is 13.2. The number of H-pyrrole nitrogens is 1. The first-order valence-corrected chi connectivity index (χ1v) is 10.8. The maximum Gasteiger partial charge on any atom is 0.276 e. The number of anilines is 1. The topological polar surface area (TPSA) is 154 Å². The molecule has 2 aromatic heterocycles. The van der Waals surface area contributed by atoms with Crippen LogP contribution in [0.2, 0.25) is 0 Å². The van der Waals surface area contributed by atoms with Gasteiger partial charge in [-0.3, -0.25) is 14.1 Å². The Morgan fingerprint density at radius 2 is 1.94 bits per heavy atom. The smallest absolute Gasteiger partial charge is 0.276 e. The normalized spacial score (nSPS) is 15.0. The number of amides is 1. The van der Waals surface area contributed by atoms with Gasteiger partial charge in [0.05, 0.1) is 11.2 Å². The summed E-state index contributed by atoms with van der Waals surface area (Å²) in [6.45, 7) is 0. The number of carbonyl (C=O) groups excluding carboxylic acids is 1. The molecule has 2 aromatic carbocycles. The largest absolute Gasteiger partial charge is 0.505 e. The summed E-state index contributed by atoms with van der Waals surface area (Å²) in [6, 6.07) is 13.0. The number of hydrogen-bond donors (Lipinski definition) is 3. The van der Waals surface area contributed by atoms with Crippen molar-refractivity contribution in [3.8, 4) is 11.4 Å². The Labute approximate surface area is 181 Å². The van der Waals surface area contributed by atoms with E-state index in [4.69, 9.17) is 0 Å². The molecule has 0 radical (unpaired) electrons. The van der Waals surface area contributed by atoms with Gasteiger partial charge in [0, 0.05) is 29.8 Å². The first-order chi connectivity index (χ1) is 15.4. The molecule has 4 aromatic rings. The Morgan fingerprint density at radius 3 is 2.72 bits per heavy atom. The highest BCUT2D eigenvalue weighted by atomic mass is 32.2. The number of aromatic nitrogens is 5. The minimum absolute atomic E-state index is 0.0291. The van der Waals surface area contributed by atoms with Crippen LogP contribution in [0.4, 0.5) is 5.69 Å². The number of sulfonamides is 1. The molecule has 12 heteroatoms. The van der Waals surface area contributed by atoms with Gasteiger partial charge in [-0.15, -0.1) is 5.10 Å². The van der Waals surface area contributed by atoms with E-state index >= 15 is 0 Å². The molecule has 0 unspecified atom stereocenters. The summed E-state index contributed by atoms with van der Waals surface area (Å²) in [6.07, 6.45) is 1.55. The summed E-state index contributed by atoms with van der Waals surface area (Å²) >= 11 is 0. The monoisotopic (exact) mass is 449 g/mol. The van der Waals surface area contributed by atoms with Gasteiger partial charge in [0.1, 0.15) is 4.90 Å². The van der Waals surface area contributed by atoms with Crippen LogP contribution in [0.5, 0.6) is 0 Å². The number of aliphatic hydroxyl groups excluding tert-OH is 1. The molecular weight excluding hydrogens is 434 g/mol. The second kappa shape index (κ2) is 7.13. The van der Waals surface area contributed by atoms with Crippen molar-refractivity contribution in [2.75, 3.05) is 12.4 Å². The average Bonchev–Trinajstić information content (AvgIpc) is 3.32. The predicted octanol–water partition coefficient (Wildman–Crippen LogP) is 1.91. The van der Waals surface area contributed by atoms with E-state index in [1.165, 1.54) is 19.2 Å². The molecule has 1 aliphatic rings. The van der Waals surface area contributed by atoms with Crippen molar-refractivity contribution in [3.05, 3.63) is 66.0 Å². The van der Waals surface area contributed by atoms with Crippen molar-refractivity contribution in [2.45, 2.75) is 4.90 Å². The van der Waals surface area contributed by atoms with Crippen LogP contribution in [-0.2, 0) is 14.8 Å². The zero-order chi connectivity index (χ0) is 22.5. The van der Waals surface area contributed by atoms with Crippen LogP contribution in [0.25, 0.3) is 28.0 Å². The first-order valence-electron chi connectivity index (χ1n) is 9.33. The van der Waals surface area contributed by atoms with Gasteiger partial charge < -0.3 is 10.4 Å². The van der Waals surface area contributed by atoms with E-state index in [1.807, 2.05) is 0 Å².